The fraction of sp³-hybridized carbons (Fsp3) is 0.533. The lowest BCUT2D eigenvalue weighted by Crippen LogP contribution is -2.17. The van der Waals surface area contributed by atoms with Gasteiger partial charge in [0.15, 0.2) is 0 Å². The summed E-state index contributed by atoms with van der Waals surface area (Å²) in [6.07, 6.45) is 0. The minimum Gasteiger partial charge on any atom is -0.507 e. The van der Waals surface area contributed by atoms with E-state index in [1.54, 1.807) is 36.4 Å². The van der Waals surface area contributed by atoms with Crippen molar-refractivity contribution >= 4 is 0 Å². The summed E-state index contributed by atoms with van der Waals surface area (Å²) in [6.45, 7) is 36.6. The summed E-state index contributed by atoms with van der Waals surface area (Å²) >= 11 is 0. The Morgan fingerprint density at radius 1 is 0.315 bits per heavy atom. The van der Waals surface area contributed by atoms with Crippen molar-refractivity contribution in [3.05, 3.63) is 69.8 Å². The Kier molecular flexibility index (Phi) is 10.9. The molecule has 0 amide bonds. The van der Waals surface area contributed by atoms with Gasteiger partial charge in [-0.1, -0.05) is 125 Å². The molecule has 0 fully saturated rings. The van der Waals surface area contributed by atoms with Gasteiger partial charge in [0.05, 0.1) is 0 Å². The van der Waals surface area contributed by atoms with Crippen LogP contribution in [-0.2, 0) is 32.5 Å². The van der Waals surface area contributed by atoms with Crippen molar-refractivity contribution in [3.63, 3.8) is 0 Å². The first-order chi connectivity index (χ1) is 24.3. The molecule has 1 heterocycles. The average molecular weight is 742 g/mol. The number of phenols is 3. The standard InChI is InChI=1S/C45H63N3O6/c1-40(2,3)28-19-25(20-29(34(28)49)41(4,5)6)52-37-46-38(53-26-21-30(42(7,8)9)35(50)31(22-26)43(10,11)12)48-39(47-37)54-27-23-32(44(13,14)15)36(51)33(24-27)45(16,17)18/h19-24,49-51H,1-18H3. The summed E-state index contributed by atoms with van der Waals surface area (Å²) in [5, 5.41) is 34.1. The maximum Gasteiger partial charge on any atom is 0.331 e. The van der Waals surface area contributed by atoms with Crippen LogP contribution >= 0.6 is 0 Å². The van der Waals surface area contributed by atoms with Crippen molar-refractivity contribution in [2.75, 3.05) is 0 Å². The highest BCUT2D eigenvalue weighted by atomic mass is 16.5. The summed E-state index contributed by atoms with van der Waals surface area (Å²) in [6, 6.07) is 10.5. The number of benzene rings is 3. The first-order valence-electron chi connectivity index (χ1n) is 18.7. The molecule has 0 unspecified atom stereocenters. The van der Waals surface area contributed by atoms with E-state index in [1.165, 1.54) is 0 Å². The smallest absolute Gasteiger partial charge is 0.331 e. The van der Waals surface area contributed by atoms with Gasteiger partial charge in [0.2, 0.25) is 0 Å². The number of hydrogen-bond acceptors (Lipinski definition) is 9. The van der Waals surface area contributed by atoms with Crippen LogP contribution < -0.4 is 14.2 Å². The molecule has 0 aliphatic carbocycles. The van der Waals surface area contributed by atoms with Crippen LogP contribution in [0.4, 0.5) is 0 Å². The fourth-order valence-electron chi connectivity index (χ4n) is 6.20. The minimum absolute atomic E-state index is 0.0860. The van der Waals surface area contributed by atoms with E-state index in [0.29, 0.717) is 50.6 Å². The van der Waals surface area contributed by atoms with Crippen LogP contribution in [0.15, 0.2) is 36.4 Å². The Morgan fingerprint density at radius 2 is 0.463 bits per heavy atom. The number of aromatic hydroxyl groups is 3. The predicted molar refractivity (Wildman–Crippen MR) is 217 cm³/mol. The zero-order chi connectivity index (χ0) is 41.1. The molecule has 3 N–H and O–H groups in total. The monoisotopic (exact) mass is 741 g/mol. The van der Waals surface area contributed by atoms with E-state index < -0.39 is 32.5 Å². The van der Waals surface area contributed by atoms with E-state index in [9.17, 15) is 15.3 Å². The third-order valence-electron chi connectivity index (χ3n) is 9.30. The molecule has 4 aromatic rings. The molecule has 0 aliphatic rings. The van der Waals surface area contributed by atoms with Gasteiger partial charge in [0.25, 0.3) is 0 Å². The zero-order valence-corrected chi connectivity index (χ0v) is 35.9. The van der Waals surface area contributed by atoms with Crippen molar-refractivity contribution in [1.29, 1.82) is 0 Å². The molecular formula is C45H63N3O6. The molecule has 294 valence electrons. The molecule has 1 aromatic heterocycles. The topological polar surface area (TPSA) is 127 Å². The lowest BCUT2D eigenvalue weighted by atomic mass is 9.79. The molecule has 3 aromatic carbocycles. The van der Waals surface area contributed by atoms with E-state index in [1.807, 2.05) is 125 Å². The Bertz CT molecular complexity index is 1680. The van der Waals surface area contributed by atoms with Gasteiger partial charge in [-0.2, -0.15) is 0 Å². The van der Waals surface area contributed by atoms with Crippen LogP contribution in [-0.4, -0.2) is 30.3 Å². The molecule has 0 aliphatic heterocycles. The van der Waals surface area contributed by atoms with Gasteiger partial charge in [-0.05, 0) is 68.9 Å². The third kappa shape index (κ3) is 9.57. The highest BCUT2D eigenvalue weighted by molar-refractivity contribution is 5.55. The molecule has 54 heavy (non-hydrogen) atoms. The van der Waals surface area contributed by atoms with Gasteiger partial charge in [0, 0.05) is 33.4 Å². The van der Waals surface area contributed by atoms with Gasteiger partial charge in [-0.15, -0.1) is 15.0 Å². The fourth-order valence-corrected chi connectivity index (χ4v) is 6.20. The first-order valence-corrected chi connectivity index (χ1v) is 18.7. The largest absolute Gasteiger partial charge is 0.507 e. The zero-order valence-electron chi connectivity index (χ0n) is 35.9. The normalized spacial score (nSPS) is 13.2. The van der Waals surface area contributed by atoms with Crippen LogP contribution in [0.3, 0.4) is 0 Å². The van der Waals surface area contributed by atoms with Crippen molar-refractivity contribution in [3.8, 4) is 52.5 Å². The van der Waals surface area contributed by atoms with Gasteiger partial charge in [0.1, 0.15) is 34.5 Å². The summed E-state index contributed by atoms with van der Waals surface area (Å²) < 4.78 is 19.2. The number of phenolic OH excluding ortho intramolecular Hbond substituents is 3. The molecule has 4 rings (SSSR count). The second-order valence-corrected chi connectivity index (χ2v) is 20.6. The summed E-state index contributed by atoms with van der Waals surface area (Å²) in [5.41, 5.74) is 1.93. The second kappa shape index (κ2) is 14.0. The van der Waals surface area contributed by atoms with Crippen molar-refractivity contribution in [2.24, 2.45) is 0 Å². The van der Waals surface area contributed by atoms with Crippen molar-refractivity contribution < 1.29 is 29.5 Å². The first kappa shape index (κ1) is 42.2. The number of rotatable bonds is 6. The second-order valence-electron chi connectivity index (χ2n) is 20.6. The maximum absolute atomic E-state index is 11.4. The molecular weight excluding hydrogens is 679 g/mol. The molecule has 0 saturated heterocycles. The summed E-state index contributed by atoms with van der Waals surface area (Å²) in [7, 11) is 0. The third-order valence-corrected chi connectivity index (χ3v) is 9.30. The minimum atomic E-state index is -0.395. The predicted octanol–water partition coefficient (Wildman–Crippen LogP) is 12.2. The van der Waals surface area contributed by atoms with Gasteiger partial charge < -0.3 is 29.5 Å². The molecule has 9 heteroatoms. The molecule has 9 nitrogen and oxygen atoms in total. The lowest BCUT2D eigenvalue weighted by Gasteiger charge is -2.28. The number of nitrogens with zero attached hydrogens (tertiary/aromatic N) is 3. The molecule has 0 atom stereocenters. The van der Waals surface area contributed by atoms with Gasteiger partial charge >= 0.3 is 18.0 Å². The Labute approximate surface area is 323 Å². The van der Waals surface area contributed by atoms with E-state index in [-0.39, 0.29) is 35.3 Å². The number of hydrogen-bond donors (Lipinski definition) is 3. The summed E-state index contributed by atoms with van der Waals surface area (Å²) in [5.74, 6) is 1.94. The van der Waals surface area contributed by atoms with E-state index in [0.717, 1.165) is 0 Å². The van der Waals surface area contributed by atoms with E-state index in [4.69, 9.17) is 14.2 Å². The Balaban J connectivity index is 1.96. The number of aromatic nitrogens is 3. The maximum atomic E-state index is 11.4. The van der Waals surface area contributed by atoms with Crippen molar-refractivity contribution in [1.82, 2.24) is 15.0 Å². The SMILES string of the molecule is CC(C)(C)c1cc(Oc2nc(Oc3cc(C(C)(C)C)c(O)c(C(C)(C)C)c3)nc(Oc3cc(C(C)(C)C)c(O)c(C(C)(C)C)c3)n2)cc(C(C)(C)C)c1O. The van der Waals surface area contributed by atoms with Gasteiger partial charge in [-0.25, -0.2) is 0 Å². The van der Waals surface area contributed by atoms with E-state index >= 15 is 0 Å². The van der Waals surface area contributed by atoms with Crippen LogP contribution in [0.2, 0.25) is 0 Å². The number of ether oxygens (including phenoxy) is 3. The van der Waals surface area contributed by atoms with Crippen LogP contribution in [0.1, 0.15) is 158 Å². The molecule has 0 spiro atoms. The van der Waals surface area contributed by atoms with Gasteiger partial charge in [-0.3, -0.25) is 0 Å². The molecule has 0 radical (unpaired) electrons. The lowest BCUT2D eigenvalue weighted by molar-refractivity contribution is 0.355. The van der Waals surface area contributed by atoms with Crippen molar-refractivity contribution in [2.45, 2.75) is 157 Å². The van der Waals surface area contributed by atoms with E-state index in [2.05, 4.69) is 15.0 Å². The summed E-state index contributed by atoms with van der Waals surface area (Å²) in [4.78, 5) is 13.8. The quantitative estimate of drug-likeness (QED) is 0.177. The molecule has 0 saturated carbocycles. The van der Waals surface area contributed by atoms with Crippen LogP contribution in [0, 0.1) is 0 Å². The Morgan fingerprint density at radius 3 is 0.593 bits per heavy atom. The van der Waals surface area contributed by atoms with Crippen LogP contribution in [0.25, 0.3) is 0 Å². The Hall–Kier alpha value is -4.53. The molecule has 0 bridgehead atoms. The highest BCUT2D eigenvalue weighted by Crippen LogP contribution is 2.46. The van der Waals surface area contributed by atoms with Crippen LogP contribution in [0.5, 0.6) is 52.5 Å². The highest BCUT2D eigenvalue weighted by Gasteiger charge is 2.31. The average Bonchev–Trinajstić information content (AvgIpc) is 2.96.